The van der Waals surface area contributed by atoms with Crippen LogP contribution < -0.4 is 10.6 Å². The molecule has 1 saturated heterocycles. The summed E-state index contributed by atoms with van der Waals surface area (Å²) in [5.41, 5.74) is 10.8. The highest BCUT2D eigenvalue weighted by atomic mass is 15.2. The van der Waals surface area contributed by atoms with Crippen molar-refractivity contribution in [1.82, 2.24) is 4.98 Å². The van der Waals surface area contributed by atoms with Crippen LogP contribution in [0, 0.1) is 13.8 Å². The molecule has 0 bridgehead atoms. The van der Waals surface area contributed by atoms with Crippen molar-refractivity contribution >= 4 is 16.7 Å². The Morgan fingerprint density at radius 1 is 1.14 bits per heavy atom. The molecule has 2 aromatic rings. The van der Waals surface area contributed by atoms with Crippen LogP contribution in [0.3, 0.4) is 0 Å². The molecule has 3 rings (SSSR count). The van der Waals surface area contributed by atoms with Crippen LogP contribution in [0.1, 0.15) is 36.0 Å². The standard InChI is InChI=1S/C18H25N3/c1-13-10-14(2)16-12-15(6-5-7-19)18(20-17(16)11-13)21-8-3-4-9-21/h10-12H,3-9,19H2,1-2H3. The molecule has 1 aliphatic rings. The van der Waals surface area contributed by atoms with E-state index >= 15 is 0 Å². The van der Waals surface area contributed by atoms with Crippen LogP contribution in [0.2, 0.25) is 0 Å². The Morgan fingerprint density at radius 2 is 1.90 bits per heavy atom. The van der Waals surface area contributed by atoms with Gasteiger partial charge in [-0.1, -0.05) is 6.07 Å². The molecule has 0 amide bonds. The number of hydrogen-bond acceptors (Lipinski definition) is 3. The molecule has 1 fully saturated rings. The Hall–Kier alpha value is -1.61. The minimum Gasteiger partial charge on any atom is -0.356 e. The highest BCUT2D eigenvalue weighted by Crippen LogP contribution is 2.29. The van der Waals surface area contributed by atoms with Gasteiger partial charge in [-0.2, -0.15) is 0 Å². The zero-order chi connectivity index (χ0) is 14.8. The molecule has 0 spiro atoms. The Bertz CT molecular complexity index is 642. The lowest BCUT2D eigenvalue weighted by molar-refractivity contribution is 0.818. The van der Waals surface area contributed by atoms with E-state index in [1.807, 2.05) is 0 Å². The van der Waals surface area contributed by atoms with E-state index in [9.17, 15) is 0 Å². The van der Waals surface area contributed by atoms with Crippen molar-refractivity contribution in [2.45, 2.75) is 39.5 Å². The Kier molecular flexibility index (Phi) is 4.11. The van der Waals surface area contributed by atoms with Crippen LogP contribution >= 0.6 is 0 Å². The van der Waals surface area contributed by atoms with Crippen LogP contribution in [-0.2, 0) is 6.42 Å². The first-order valence-corrected chi connectivity index (χ1v) is 8.05. The monoisotopic (exact) mass is 283 g/mol. The van der Waals surface area contributed by atoms with Gasteiger partial charge >= 0.3 is 0 Å². The van der Waals surface area contributed by atoms with Crippen LogP contribution in [-0.4, -0.2) is 24.6 Å². The highest BCUT2D eigenvalue weighted by molar-refractivity contribution is 5.85. The van der Waals surface area contributed by atoms with Crippen molar-refractivity contribution in [2.75, 3.05) is 24.5 Å². The molecule has 2 heterocycles. The second-order valence-corrected chi connectivity index (χ2v) is 6.21. The van der Waals surface area contributed by atoms with Crippen molar-refractivity contribution < 1.29 is 0 Å². The topological polar surface area (TPSA) is 42.1 Å². The maximum absolute atomic E-state index is 5.71. The Labute approximate surface area is 127 Å². The maximum atomic E-state index is 5.71. The molecule has 1 aliphatic heterocycles. The van der Waals surface area contributed by atoms with Gasteiger partial charge in [-0.3, -0.25) is 0 Å². The fourth-order valence-electron chi connectivity index (χ4n) is 3.34. The number of aryl methyl sites for hydroxylation is 3. The van der Waals surface area contributed by atoms with Crippen LogP contribution in [0.5, 0.6) is 0 Å². The number of hydrogen-bond donors (Lipinski definition) is 1. The van der Waals surface area contributed by atoms with Gasteiger partial charge in [0.25, 0.3) is 0 Å². The largest absolute Gasteiger partial charge is 0.356 e. The SMILES string of the molecule is Cc1cc(C)c2cc(CCCN)c(N3CCCC3)nc2c1. The molecule has 0 unspecified atom stereocenters. The second kappa shape index (κ2) is 6.02. The minimum absolute atomic E-state index is 0.740. The molecule has 0 radical (unpaired) electrons. The number of anilines is 1. The average Bonchev–Trinajstić information content (AvgIpc) is 2.98. The lowest BCUT2D eigenvalue weighted by Gasteiger charge is -2.21. The van der Waals surface area contributed by atoms with E-state index in [1.54, 1.807) is 0 Å². The van der Waals surface area contributed by atoms with Gasteiger partial charge in [-0.25, -0.2) is 4.98 Å². The van der Waals surface area contributed by atoms with Gasteiger partial charge in [0.1, 0.15) is 5.82 Å². The summed E-state index contributed by atoms with van der Waals surface area (Å²) in [6, 6.07) is 6.79. The molecular weight excluding hydrogens is 258 g/mol. The number of nitrogens with zero attached hydrogens (tertiary/aromatic N) is 2. The predicted molar refractivity (Wildman–Crippen MR) is 90.0 cm³/mol. The molecule has 2 N–H and O–H groups in total. The van der Waals surface area contributed by atoms with Gasteiger partial charge in [0.2, 0.25) is 0 Å². The lowest BCUT2D eigenvalue weighted by atomic mass is 10.0. The number of nitrogens with two attached hydrogens (primary N) is 1. The molecule has 1 aromatic heterocycles. The third-order valence-electron chi connectivity index (χ3n) is 4.40. The van der Waals surface area contributed by atoms with E-state index in [-0.39, 0.29) is 0 Å². The summed E-state index contributed by atoms with van der Waals surface area (Å²) < 4.78 is 0. The fraction of sp³-hybridized carbons (Fsp3) is 0.500. The van der Waals surface area contributed by atoms with Crippen molar-refractivity contribution in [2.24, 2.45) is 5.73 Å². The van der Waals surface area contributed by atoms with Crippen molar-refractivity contribution in [1.29, 1.82) is 0 Å². The number of rotatable bonds is 4. The molecule has 1 aromatic carbocycles. The van der Waals surface area contributed by atoms with Crippen LogP contribution in [0.15, 0.2) is 18.2 Å². The normalized spacial score (nSPS) is 15.1. The number of benzene rings is 1. The van der Waals surface area contributed by atoms with E-state index in [2.05, 4.69) is 36.9 Å². The Balaban J connectivity index is 2.12. The van der Waals surface area contributed by atoms with Gasteiger partial charge in [0.15, 0.2) is 0 Å². The summed E-state index contributed by atoms with van der Waals surface area (Å²) in [6.07, 6.45) is 4.61. The maximum Gasteiger partial charge on any atom is 0.132 e. The van der Waals surface area contributed by atoms with Crippen molar-refractivity contribution in [3.63, 3.8) is 0 Å². The van der Waals surface area contributed by atoms with E-state index in [0.29, 0.717) is 0 Å². The van der Waals surface area contributed by atoms with Crippen molar-refractivity contribution in [3.05, 3.63) is 34.9 Å². The number of aromatic nitrogens is 1. The summed E-state index contributed by atoms with van der Waals surface area (Å²) in [6.45, 7) is 7.34. The van der Waals surface area contributed by atoms with Gasteiger partial charge in [0, 0.05) is 18.5 Å². The van der Waals surface area contributed by atoms with Crippen LogP contribution in [0.4, 0.5) is 5.82 Å². The first-order chi connectivity index (χ1) is 10.2. The summed E-state index contributed by atoms with van der Waals surface area (Å²) in [5, 5.41) is 1.29. The van der Waals surface area contributed by atoms with E-state index < -0.39 is 0 Å². The minimum atomic E-state index is 0.740. The fourth-order valence-corrected chi connectivity index (χ4v) is 3.34. The van der Waals surface area contributed by atoms with E-state index in [0.717, 1.165) is 38.0 Å². The zero-order valence-electron chi connectivity index (χ0n) is 13.2. The second-order valence-electron chi connectivity index (χ2n) is 6.21. The molecule has 0 atom stereocenters. The first-order valence-electron chi connectivity index (χ1n) is 8.05. The van der Waals surface area contributed by atoms with E-state index in [4.69, 9.17) is 10.7 Å². The first kappa shape index (κ1) is 14.3. The molecule has 21 heavy (non-hydrogen) atoms. The van der Waals surface area contributed by atoms with Gasteiger partial charge in [-0.05, 0) is 74.9 Å². The van der Waals surface area contributed by atoms with Gasteiger partial charge in [0.05, 0.1) is 5.52 Å². The molecule has 0 aliphatic carbocycles. The highest BCUT2D eigenvalue weighted by Gasteiger charge is 2.18. The molecular formula is C18H25N3. The third kappa shape index (κ3) is 2.88. The van der Waals surface area contributed by atoms with E-state index in [1.165, 1.54) is 40.7 Å². The number of pyridine rings is 1. The Morgan fingerprint density at radius 3 is 2.62 bits per heavy atom. The smallest absolute Gasteiger partial charge is 0.132 e. The predicted octanol–water partition coefficient (Wildman–Crippen LogP) is 3.34. The van der Waals surface area contributed by atoms with Crippen molar-refractivity contribution in [3.8, 4) is 0 Å². The molecule has 0 saturated carbocycles. The molecule has 3 heteroatoms. The lowest BCUT2D eigenvalue weighted by Crippen LogP contribution is -2.21. The summed E-state index contributed by atoms with van der Waals surface area (Å²) in [7, 11) is 0. The summed E-state index contributed by atoms with van der Waals surface area (Å²) >= 11 is 0. The number of fused-ring (bicyclic) bond motifs is 1. The zero-order valence-corrected chi connectivity index (χ0v) is 13.2. The molecule has 3 nitrogen and oxygen atoms in total. The quantitative estimate of drug-likeness (QED) is 0.935. The average molecular weight is 283 g/mol. The molecule has 112 valence electrons. The summed E-state index contributed by atoms with van der Waals surface area (Å²) in [4.78, 5) is 7.46. The van der Waals surface area contributed by atoms with Crippen LogP contribution in [0.25, 0.3) is 10.9 Å². The van der Waals surface area contributed by atoms with Gasteiger partial charge in [-0.15, -0.1) is 0 Å². The summed E-state index contributed by atoms with van der Waals surface area (Å²) in [5.74, 6) is 1.19. The van der Waals surface area contributed by atoms with Gasteiger partial charge < -0.3 is 10.6 Å². The third-order valence-corrected chi connectivity index (χ3v) is 4.40.